The van der Waals surface area contributed by atoms with Crippen LogP contribution < -0.4 is 4.90 Å². The number of carbonyl (C=O) groups is 3. The van der Waals surface area contributed by atoms with Crippen molar-refractivity contribution in [3.05, 3.63) is 88.7 Å². The molecule has 1 atom stereocenters. The van der Waals surface area contributed by atoms with Gasteiger partial charge < -0.3 is 14.4 Å². The van der Waals surface area contributed by atoms with Gasteiger partial charge in [-0.1, -0.05) is 47.6 Å². The molecule has 1 saturated heterocycles. The lowest BCUT2D eigenvalue weighted by Crippen LogP contribution is -2.29. The van der Waals surface area contributed by atoms with Crippen molar-refractivity contribution in [3.63, 3.8) is 0 Å². The van der Waals surface area contributed by atoms with Crippen molar-refractivity contribution in [2.75, 3.05) is 12.0 Å². The van der Waals surface area contributed by atoms with Gasteiger partial charge in [0.25, 0.3) is 5.78 Å². The van der Waals surface area contributed by atoms with Crippen molar-refractivity contribution in [1.82, 2.24) is 5.16 Å². The first-order chi connectivity index (χ1) is 14.9. The molecular weight excluding hydrogens is 400 g/mol. The number of methoxy groups -OCH3 is 1. The minimum atomic E-state index is -0.962. The second-order valence-electron chi connectivity index (χ2n) is 6.94. The number of nitrogens with zero attached hydrogens (tertiary/aromatic N) is 2. The third-order valence-corrected chi connectivity index (χ3v) is 5.00. The van der Waals surface area contributed by atoms with Gasteiger partial charge in [-0.25, -0.2) is 4.79 Å². The Morgan fingerprint density at radius 3 is 2.32 bits per heavy atom. The number of hydrogen-bond donors (Lipinski definition) is 1. The van der Waals surface area contributed by atoms with Crippen molar-refractivity contribution >= 4 is 29.2 Å². The van der Waals surface area contributed by atoms with E-state index in [2.05, 4.69) is 5.16 Å². The summed E-state index contributed by atoms with van der Waals surface area (Å²) in [6, 6.07) is 15.3. The standard InChI is InChI=1S/C23H18N2O6/c1-13-12-17(24-31-13)25-19(14-8-10-16(11-9-14)23(29)30-2)18(21(27)22(25)28)20(26)15-6-4-3-5-7-15/h3-12,19,26H,1-2H3/b20-18+/t19-/m1/s1. The zero-order valence-electron chi connectivity index (χ0n) is 16.7. The van der Waals surface area contributed by atoms with Crippen LogP contribution in [-0.2, 0) is 14.3 Å². The normalized spacial score (nSPS) is 17.7. The molecule has 1 aliphatic rings. The Kier molecular flexibility index (Phi) is 5.12. The summed E-state index contributed by atoms with van der Waals surface area (Å²) in [7, 11) is 1.28. The highest BCUT2D eigenvalue weighted by Gasteiger charge is 2.48. The largest absolute Gasteiger partial charge is 0.507 e. The van der Waals surface area contributed by atoms with Gasteiger partial charge in [0.2, 0.25) is 0 Å². The average molecular weight is 418 g/mol. The molecule has 8 heteroatoms. The van der Waals surface area contributed by atoms with Crippen LogP contribution in [0.15, 0.2) is 70.8 Å². The van der Waals surface area contributed by atoms with Crippen LogP contribution in [0.25, 0.3) is 5.76 Å². The molecule has 0 radical (unpaired) electrons. The van der Waals surface area contributed by atoms with Crippen molar-refractivity contribution < 1.29 is 28.8 Å². The van der Waals surface area contributed by atoms with E-state index in [0.717, 1.165) is 0 Å². The summed E-state index contributed by atoms with van der Waals surface area (Å²) >= 11 is 0. The quantitative estimate of drug-likeness (QED) is 0.299. The van der Waals surface area contributed by atoms with Gasteiger partial charge in [-0.15, -0.1) is 0 Å². The number of aryl methyl sites for hydroxylation is 1. The number of aliphatic hydroxyl groups excluding tert-OH is 1. The topological polar surface area (TPSA) is 110 Å². The van der Waals surface area contributed by atoms with Crippen molar-refractivity contribution in [2.45, 2.75) is 13.0 Å². The summed E-state index contributed by atoms with van der Waals surface area (Å²) in [5, 5.41) is 14.8. The second-order valence-corrected chi connectivity index (χ2v) is 6.94. The lowest BCUT2D eigenvalue weighted by molar-refractivity contribution is -0.132. The Morgan fingerprint density at radius 1 is 1.06 bits per heavy atom. The number of anilines is 1. The van der Waals surface area contributed by atoms with Crippen LogP contribution in [0.3, 0.4) is 0 Å². The Morgan fingerprint density at radius 2 is 1.74 bits per heavy atom. The fourth-order valence-corrected chi connectivity index (χ4v) is 3.52. The van der Waals surface area contributed by atoms with Gasteiger partial charge in [-0.05, 0) is 24.6 Å². The van der Waals surface area contributed by atoms with Gasteiger partial charge in [-0.2, -0.15) is 0 Å². The number of carbonyl (C=O) groups excluding carboxylic acids is 3. The third kappa shape index (κ3) is 3.48. The predicted octanol–water partition coefficient (Wildman–Crippen LogP) is 3.40. The molecule has 1 N–H and O–H groups in total. The van der Waals surface area contributed by atoms with Crippen LogP contribution in [0.5, 0.6) is 0 Å². The lowest BCUT2D eigenvalue weighted by atomic mass is 9.94. The Bertz CT molecular complexity index is 1190. The number of amides is 1. The number of ether oxygens (including phenoxy) is 1. The van der Waals surface area contributed by atoms with E-state index in [0.29, 0.717) is 22.5 Å². The van der Waals surface area contributed by atoms with E-state index >= 15 is 0 Å². The van der Waals surface area contributed by atoms with E-state index in [9.17, 15) is 19.5 Å². The van der Waals surface area contributed by atoms with Crippen LogP contribution in [0.2, 0.25) is 0 Å². The molecule has 0 spiro atoms. The van der Waals surface area contributed by atoms with Crippen molar-refractivity contribution in [2.24, 2.45) is 0 Å². The number of rotatable bonds is 4. The average Bonchev–Trinajstić information content (AvgIpc) is 3.34. The summed E-state index contributed by atoms with van der Waals surface area (Å²) in [6.07, 6.45) is 0. The first kappa shape index (κ1) is 20.1. The molecule has 1 aromatic heterocycles. The molecule has 2 aromatic carbocycles. The highest BCUT2D eigenvalue weighted by Crippen LogP contribution is 2.41. The molecule has 0 aliphatic carbocycles. The van der Waals surface area contributed by atoms with E-state index in [1.165, 1.54) is 30.2 Å². The van der Waals surface area contributed by atoms with Crippen LogP contribution in [0.1, 0.15) is 33.3 Å². The van der Waals surface area contributed by atoms with Crippen LogP contribution in [-0.4, -0.2) is 35.0 Å². The Labute approximate surface area is 177 Å². The van der Waals surface area contributed by atoms with Gasteiger partial charge >= 0.3 is 11.9 Å². The first-order valence-electron chi connectivity index (χ1n) is 9.40. The maximum atomic E-state index is 13.0. The van der Waals surface area contributed by atoms with Gasteiger partial charge in [0.15, 0.2) is 5.82 Å². The number of aliphatic hydroxyl groups is 1. The highest BCUT2D eigenvalue weighted by molar-refractivity contribution is 6.51. The highest BCUT2D eigenvalue weighted by atomic mass is 16.5. The molecule has 0 unspecified atom stereocenters. The van der Waals surface area contributed by atoms with Crippen molar-refractivity contribution in [1.29, 1.82) is 0 Å². The van der Waals surface area contributed by atoms with Gasteiger partial charge in [-0.3, -0.25) is 14.5 Å². The summed E-state index contributed by atoms with van der Waals surface area (Å²) in [4.78, 5) is 38.9. The summed E-state index contributed by atoms with van der Waals surface area (Å²) in [6.45, 7) is 1.66. The van der Waals surface area contributed by atoms with Gasteiger partial charge in [0.1, 0.15) is 11.5 Å². The molecule has 1 aliphatic heterocycles. The minimum Gasteiger partial charge on any atom is -0.507 e. The van der Waals surface area contributed by atoms with Crippen LogP contribution in [0, 0.1) is 6.92 Å². The van der Waals surface area contributed by atoms with E-state index < -0.39 is 23.7 Å². The predicted molar refractivity (Wildman–Crippen MR) is 110 cm³/mol. The van der Waals surface area contributed by atoms with Crippen LogP contribution >= 0.6 is 0 Å². The maximum Gasteiger partial charge on any atom is 0.337 e. The Balaban J connectivity index is 1.90. The SMILES string of the molecule is COC(=O)c1ccc([C@@H]2/C(=C(\O)c3ccccc3)C(=O)C(=O)N2c2cc(C)on2)cc1. The minimum absolute atomic E-state index is 0.0809. The van der Waals surface area contributed by atoms with E-state index in [1.54, 1.807) is 49.4 Å². The van der Waals surface area contributed by atoms with E-state index in [4.69, 9.17) is 9.26 Å². The molecule has 3 aromatic rings. The molecule has 0 bridgehead atoms. The third-order valence-electron chi connectivity index (χ3n) is 5.00. The number of esters is 1. The molecule has 31 heavy (non-hydrogen) atoms. The molecule has 1 amide bonds. The number of aromatic nitrogens is 1. The summed E-state index contributed by atoms with van der Waals surface area (Å²) < 4.78 is 9.81. The molecule has 0 saturated carbocycles. The fraction of sp³-hybridized carbons (Fsp3) is 0.130. The van der Waals surface area contributed by atoms with Crippen LogP contribution in [0.4, 0.5) is 5.82 Å². The van der Waals surface area contributed by atoms with E-state index in [-0.39, 0.29) is 17.2 Å². The zero-order valence-corrected chi connectivity index (χ0v) is 16.7. The second kappa shape index (κ2) is 7.91. The zero-order chi connectivity index (χ0) is 22.1. The lowest BCUT2D eigenvalue weighted by Gasteiger charge is -2.23. The fourth-order valence-electron chi connectivity index (χ4n) is 3.52. The smallest absolute Gasteiger partial charge is 0.337 e. The van der Waals surface area contributed by atoms with E-state index in [1.807, 2.05) is 0 Å². The molecule has 4 rings (SSSR count). The molecule has 8 nitrogen and oxygen atoms in total. The molecule has 1 fully saturated rings. The Hall–Kier alpha value is -4.20. The number of Topliss-reactive ketones (excluding diaryl/α,β-unsaturated/α-hetero) is 1. The maximum absolute atomic E-state index is 13.0. The summed E-state index contributed by atoms with van der Waals surface area (Å²) in [5.74, 6) is -1.90. The number of hydrogen-bond acceptors (Lipinski definition) is 7. The van der Waals surface area contributed by atoms with Gasteiger partial charge in [0.05, 0.1) is 24.3 Å². The first-order valence-corrected chi connectivity index (χ1v) is 9.40. The molecule has 156 valence electrons. The molecule has 2 heterocycles. The van der Waals surface area contributed by atoms with Crippen molar-refractivity contribution in [3.8, 4) is 0 Å². The monoisotopic (exact) mass is 418 g/mol. The summed E-state index contributed by atoms with van der Waals surface area (Å²) in [5.41, 5.74) is 1.13. The number of ketones is 1. The molecular formula is C23H18N2O6. The number of benzene rings is 2. The van der Waals surface area contributed by atoms with Gasteiger partial charge in [0, 0.05) is 11.6 Å².